The second kappa shape index (κ2) is 9.51. The van der Waals surface area contributed by atoms with E-state index in [0.29, 0.717) is 28.7 Å². The molecule has 1 fully saturated rings. The molecular formula is C20H21BrN4O4. The molecule has 1 aromatic carbocycles. The summed E-state index contributed by atoms with van der Waals surface area (Å²) in [5.74, 6) is -0.526. The number of nitrogens with zero attached hydrogens (tertiary/aromatic N) is 1. The molecule has 0 unspecified atom stereocenters. The van der Waals surface area contributed by atoms with Crippen molar-refractivity contribution in [2.24, 2.45) is 0 Å². The van der Waals surface area contributed by atoms with Crippen LogP contribution in [0.5, 0.6) is 0 Å². The predicted molar refractivity (Wildman–Crippen MR) is 111 cm³/mol. The Morgan fingerprint density at radius 2 is 1.52 bits per heavy atom. The molecular weight excluding hydrogens is 440 g/mol. The van der Waals surface area contributed by atoms with Gasteiger partial charge in [0.2, 0.25) is 0 Å². The molecule has 0 atom stereocenters. The first-order valence-corrected chi connectivity index (χ1v) is 10.0. The van der Waals surface area contributed by atoms with Gasteiger partial charge in [-0.3, -0.25) is 9.59 Å². The van der Waals surface area contributed by atoms with Gasteiger partial charge in [0.1, 0.15) is 10.3 Å². The monoisotopic (exact) mass is 460 g/mol. The Kier molecular flexibility index (Phi) is 6.82. The third-order valence-electron chi connectivity index (χ3n) is 4.74. The lowest BCUT2D eigenvalue weighted by atomic mass is 9.91. The number of aromatic nitrogens is 1. The average molecular weight is 461 g/mol. The van der Waals surface area contributed by atoms with Crippen LogP contribution in [0.1, 0.15) is 46.5 Å². The van der Waals surface area contributed by atoms with E-state index in [-0.39, 0.29) is 29.6 Å². The maximum atomic E-state index is 12.4. The van der Waals surface area contributed by atoms with E-state index in [1.807, 2.05) is 0 Å². The summed E-state index contributed by atoms with van der Waals surface area (Å²) in [6.45, 7) is 0. The molecule has 0 spiro atoms. The third-order valence-corrected chi connectivity index (χ3v) is 5.18. The van der Waals surface area contributed by atoms with Crippen molar-refractivity contribution < 1.29 is 19.5 Å². The van der Waals surface area contributed by atoms with Crippen molar-refractivity contribution in [1.82, 2.24) is 15.6 Å². The van der Waals surface area contributed by atoms with Gasteiger partial charge in [-0.1, -0.05) is 6.07 Å². The zero-order valence-electron chi connectivity index (χ0n) is 15.5. The number of carbonyl (C=O) groups excluding carboxylic acids is 2. The fourth-order valence-electron chi connectivity index (χ4n) is 3.26. The van der Waals surface area contributed by atoms with Crippen molar-refractivity contribution in [2.45, 2.75) is 37.8 Å². The van der Waals surface area contributed by atoms with Crippen LogP contribution in [-0.4, -0.2) is 40.1 Å². The molecule has 2 aromatic rings. The van der Waals surface area contributed by atoms with Crippen LogP contribution in [0, 0.1) is 0 Å². The highest BCUT2D eigenvalue weighted by Crippen LogP contribution is 2.19. The highest BCUT2D eigenvalue weighted by Gasteiger charge is 2.23. The van der Waals surface area contributed by atoms with Gasteiger partial charge in [-0.25, -0.2) is 9.78 Å². The number of hydrogen-bond acceptors (Lipinski definition) is 4. The van der Waals surface area contributed by atoms with Gasteiger partial charge in [0.25, 0.3) is 11.8 Å². The molecule has 152 valence electrons. The molecule has 1 aromatic heterocycles. The minimum Gasteiger partial charge on any atom is -0.465 e. The Hall–Kier alpha value is -2.94. The highest BCUT2D eigenvalue weighted by atomic mass is 79.9. The first kappa shape index (κ1) is 20.8. The van der Waals surface area contributed by atoms with Crippen LogP contribution in [0.4, 0.5) is 10.5 Å². The molecule has 1 heterocycles. The summed E-state index contributed by atoms with van der Waals surface area (Å²) in [6.07, 6.45) is 1.84. The lowest BCUT2D eigenvalue weighted by molar-refractivity contribution is 0.0922. The number of benzene rings is 1. The summed E-state index contributed by atoms with van der Waals surface area (Å²) in [7, 11) is 0. The van der Waals surface area contributed by atoms with E-state index in [9.17, 15) is 14.4 Å². The Balaban J connectivity index is 1.51. The van der Waals surface area contributed by atoms with Crippen molar-refractivity contribution >= 4 is 39.5 Å². The van der Waals surface area contributed by atoms with Gasteiger partial charge in [-0.05, 0) is 78.0 Å². The summed E-state index contributed by atoms with van der Waals surface area (Å²) < 4.78 is 0.574. The van der Waals surface area contributed by atoms with Gasteiger partial charge >= 0.3 is 6.09 Å². The van der Waals surface area contributed by atoms with Crippen molar-refractivity contribution in [3.8, 4) is 0 Å². The summed E-state index contributed by atoms with van der Waals surface area (Å²) in [5, 5.41) is 17.0. The number of carboxylic acid groups (broad SMARTS) is 1. The first-order chi connectivity index (χ1) is 13.9. The van der Waals surface area contributed by atoms with Crippen LogP contribution in [0.15, 0.2) is 47.1 Å². The quantitative estimate of drug-likeness (QED) is 0.509. The zero-order chi connectivity index (χ0) is 20.8. The molecule has 3 rings (SSSR count). The zero-order valence-corrected chi connectivity index (χ0v) is 17.1. The van der Waals surface area contributed by atoms with E-state index in [1.54, 1.807) is 42.5 Å². The molecule has 1 aliphatic rings. The number of halogens is 1. The molecule has 1 saturated carbocycles. The molecule has 0 saturated heterocycles. The van der Waals surface area contributed by atoms with Crippen LogP contribution >= 0.6 is 15.9 Å². The third kappa shape index (κ3) is 6.02. The standard InChI is InChI=1S/C20H21BrN4O4/c21-17-3-1-2-16(25-17)19(27)23-13-6-4-12(5-7-13)18(26)22-14-8-10-15(11-9-14)24-20(28)29/h1-7,14-15,24H,8-11H2,(H,22,26)(H,23,27)(H,28,29). The average Bonchev–Trinajstić information content (AvgIpc) is 2.69. The van der Waals surface area contributed by atoms with Crippen molar-refractivity contribution in [3.63, 3.8) is 0 Å². The number of amides is 3. The molecule has 0 radical (unpaired) electrons. The van der Waals surface area contributed by atoms with Crippen molar-refractivity contribution in [1.29, 1.82) is 0 Å². The van der Waals surface area contributed by atoms with Crippen LogP contribution in [0.3, 0.4) is 0 Å². The molecule has 9 heteroatoms. The van der Waals surface area contributed by atoms with Gasteiger partial charge in [0.15, 0.2) is 0 Å². The van der Waals surface area contributed by atoms with Crippen molar-refractivity contribution in [3.05, 3.63) is 58.3 Å². The maximum absolute atomic E-state index is 12.4. The smallest absolute Gasteiger partial charge is 0.404 e. The van der Waals surface area contributed by atoms with Gasteiger partial charge in [0, 0.05) is 23.3 Å². The van der Waals surface area contributed by atoms with E-state index in [1.165, 1.54) is 0 Å². The fraction of sp³-hybridized carbons (Fsp3) is 0.300. The minimum absolute atomic E-state index is 0.0244. The second-order valence-corrected chi connectivity index (χ2v) is 7.66. The van der Waals surface area contributed by atoms with Crippen LogP contribution in [0.25, 0.3) is 0 Å². The van der Waals surface area contributed by atoms with Crippen molar-refractivity contribution in [2.75, 3.05) is 5.32 Å². The van der Waals surface area contributed by atoms with Crippen LogP contribution in [0.2, 0.25) is 0 Å². The Bertz CT molecular complexity index is 896. The lowest BCUT2D eigenvalue weighted by Gasteiger charge is -2.28. The highest BCUT2D eigenvalue weighted by molar-refractivity contribution is 9.10. The van der Waals surface area contributed by atoms with E-state index in [0.717, 1.165) is 12.8 Å². The Morgan fingerprint density at radius 3 is 2.10 bits per heavy atom. The van der Waals surface area contributed by atoms with E-state index in [2.05, 4.69) is 36.9 Å². The van der Waals surface area contributed by atoms with Gasteiger partial charge < -0.3 is 21.1 Å². The summed E-state index contributed by atoms with van der Waals surface area (Å²) in [6, 6.07) is 11.7. The number of pyridine rings is 1. The lowest BCUT2D eigenvalue weighted by Crippen LogP contribution is -2.43. The van der Waals surface area contributed by atoms with Crippen LogP contribution < -0.4 is 16.0 Å². The summed E-state index contributed by atoms with van der Waals surface area (Å²) in [5.41, 5.74) is 1.34. The normalized spacial score (nSPS) is 18.5. The van der Waals surface area contributed by atoms with Gasteiger partial charge in [0.05, 0.1) is 0 Å². The molecule has 0 bridgehead atoms. The summed E-state index contributed by atoms with van der Waals surface area (Å²) >= 11 is 3.23. The SMILES string of the molecule is O=C(O)NC1CCC(NC(=O)c2ccc(NC(=O)c3cccc(Br)n3)cc2)CC1. The maximum Gasteiger partial charge on any atom is 0.404 e. The molecule has 29 heavy (non-hydrogen) atoms. The molecule has 3 amide bonds. The number of anilines is 1. The second-order valence-electron chi connectivity index (χ2n) is 6.85. The molecule has 4 N–H and O–H groups in total. The van der Waals surface area contributed by atoms with Gasteiger partial charge in [-0.15, -0.1) is 0 Å². The summed E-state index contributed by atoms with van der Waals surface area (Å²) in [4.78, 5) is 39.5. The number of rotatable bonds is 5. The molecule has 0 aliphatic heterocycles. The number of carbonyl (C=O) groups is 3. The van der Waals surface area contributed by atoms with E-state index >= 15 is 0 Å². The number of hydrogen-bond donors (Lipinski definition) is 4. The molecule has 8 nitrogen and oxygen atoms in total. The fourth-order valence-corrected chi connectivity index (χ4v) is 3.60. The first-order valence-electron chi connectivity index (χ1n) is 9.25. The molecule has 1 aliphatic carbocycles. The largest absolute Gasteiger partial charge is 0.465 e. The van der Waals surface area contributed by atoms with Crippen LogP contribution in [-0.2, 0) is 0 Å². The number of nitrogens with one attached hydrogen (secondary N) is 3. The van der Waals surface area contributed by atoms with E-state index < -0.39 is 6.09 Å². The Labute approximate surface area is 176 Å². The van der Waals surface area contributed by atoms with E-state index in [4.69, 9.17) is 5.11 Å². The van der Waals surface area contributed by atoms with Gasteiger partial charge in [-0.2, -0.15) is 0 Å². The minimum atomic E-state index is -1.01. The Morgan fingerprint density at radius 1 is 0.897 bits per heavy atom. The topological polar surface area (TPSA) is 120 Å². The predicted octanol–water partition coefficient (Wildman–Crippen LogP) is 3.41.